The van der Waals surface area contributed by atoms with E-state index in [2.05, 4.69) is 13.5 Å². The minimum Gasteiger partial charge on any atom is -0.463 e. The van der Waals surface area contributed by atoms with Gasteiger partial charge in [-0.25, -0.2) is 4.79 Å². The van der Waals surface area contributed by atoms with Gasteiger partial charge in [0.25, 0.3) is 0 Å². The molecular weight excluding hydrogens is 220 g/mol. The van der Waals surface area contributed by atoms with Crippen LogP contribution in [0.5, 0.6) is 0 Å². The van der Waals surface area contributed by atoms with Crippen LogP contribution in [0, 0.1) is 0 Å². The van der Waals surface area contributed by atoms with E-state index in [0.29, 0.717) is 6.61 Å². The minimum absolute atomic E-state index is 0.311. The highest BCUT2D eigenvalue weighted by atomic mass is 28.3. The van der Waals surface area contributed by atoms with Crippen LogP contribution in [-0.2, 0) is 14.3 Å². The number of hydrogen-bond donors (Lipinski definition) is 0. The predicted octanol–water partition coefficient (Wildman–Crippen LogP) is 2.39. The van der Waals surface area contributed by atoms with Crippen LogP contribution in [0.2, 0.25) is 18.1 Å². The van der Waals surface area contributed by atoms with E-state index in [0.717, 1.165) is 19.3 Å². The summed E-state index contributed by atoms with van der Waals surface area (Å²) in [7, 11) is -0.772. The zero-order valence-electron chi connectivity index (χ0n) is 10.5. The molecular formula is C12H24O3Si. The molecule has 0 aliphatic rings. The van der Waals surface area contributed by atoms with Crippen LogP contribution in [-0.4, -0.2) is 34.6 Å². The van der Waals surface area contributed by atoms with E-state index in [1.165, 1.54) is 24.6 Å². The Balaban J connectivity index is 3.66. The van der Waals surface area contributed by atoms with Gasteiger partial charge in [-0.2, -0.15) is 0 Å². The Morgan fingerprint density at radius 3 is 2.50 bits per heavy atom. The summed E-state index contributed by atoms with van der Waals surface area (Å²) in [6, 6.07) is 3.55. The van der Waals surface area contributed by atoms with Crippen LogP contribution in [0.3, 0.4) is 0 Å². The van der Waals surface area contributed by atoms with Crippen LogP contribution >= 0.6 is 0 Å². The second-order valence-corrected chi connectivity index (χ2v) is 7.26. The van der Waals surface area contributed by atoms with E-state index < -0.39 is 8.80 Å². The highest BCUT2D eigenvalue weighted by Gasteiger charge is 2.10. The molecule has 16 heavy (non-hydrogen) atoms. The van der Waals surface area contributed by atoms with Gasteiger partial charge in [-0.1, -0.05) is 26.0 Å². The van der Waals surface area contributed by atoms with E-state index in [4.69, 9.17) is 9.47 Å². The SMILES string of the molecule is C=CC(=O)OCC[SiH](CCC)CCOCC. The van der Waals surface area contributed by atoms with Crippen molar-refractivity contribution < 1.29 is 14.3 Å². The standard InChI is InChI=1S/C12H24O3Si/c1-4-9-16(10-7-14-6-3)11-8-15-12(13)5-2/h5,16H,2,4,6-11H2,1,3H3. The van der Waals surface area contributed by atoms with Crippen LogP contribution in [0.1, 0.15) is 20.3 Å². The Bertz CT molecular complexity index is 195. The molecule has 0 bridgehead atoms. The van der Waals surface area contributed by atoms with Gasteiger partial charge >= 0.3 is 5.97 Å². The molecule has 0 amide bonds. The third kappa shape index (κ3) is 8.68. The van der Waals surface area contributed by atoms with Crippen LogP contribution in [0.25, 0.3) is 0 Å². The number of carbonyl (C=O) groups excluding carboxylic acids is 1. The smallest absolute Gasteiger partial charge is 0.330 e. The molecule has 0 rings (SSSR count). The predicted molar refractivity (Wildman–Crippen MR) is 69.5 cm³/mol. The molecule has 0 aromatic heterocycles. The van der Waals surface area contributed by atoms with Crippen molar-refractivity contribution in [3.63, 3.8) is 0 Å². The van der Waals surface area contributed by atoms with Gasteiger partial charge in [-0.3, -0.25) is 0 Å². The lowest BCUT2D eigenvalue weighted by Crippen LogP contribution is -2.18. The summed E-state index contributed by atoms with van der Waals surface area (Å²) in [6.07, 6.45) is 2.44. The molecule has 1 atom stereocenters. The first kappa shape index (κ1) is 15.4. The number of carbonyl (C=O) groups is 1. The highest BCUT2D eigenvalue weighted by molar-refractivity contribution is 6.58. The first-order valence-electron chi connectivity index (χ1n) is 6.11. The van der Waals surface area contributed by atoms with E-state index in [1.54, 1.807) is 0 Å². The third-order valence-electron chi connectivity index (χ3n) is 2.51. The number of esters is 1. The molecule has 0 saturated carbocycles. The van der Waals surface area contributed by atoms with Gasteiger partial charge in [0.15, 0.2) is 0 Å². The summed E-state index contributed by atoms with van der Waals surface area (Å²) in [6.45, 7) is 9.80. The number of rotatable bonds is 10. The monoisotopic (exact) mass is 244 g/mol. The summed E-state index contributed by atoms with van der Waals surface area (Å²) >= 11 is 0. The molecule has 1 unspecified atom stereocenters. The van der Waals surface area contributed by atoms with Gasteiger partial charge in [0.2, 0.25) is 0 Å². The maximum atomic E-state index is 10.9. The second kappa shape index (κ2) is 10.9. The van der Waals surface area contributed by atoms with Crippen molar-refractivity contribution in [3.8, 4) is 0 Å². The summed E-state index contributed by atoms with van der Waals surface area (Å²) in [5.74, 6) is -0.311. The Morgan fingerprint density at radius 2 is 1.94 bits per heavy atom. The van der Waals surface area contributed by atoms with Gasteiger partial charge < -0.3 is 9.47 Å². The molecule has 0 aliphatic heterocycles. The first-order chi connectivity index (χ1) is 7.74. The molecule has 0 saturated heterocycles. The van der Waals surface area contributed by atoms with E-state index in [9.17, 15) is 4.79 Å². The Hall–Kier alpha value is -0.613. The summed E-state index contributed by atoms with van der Waals surface area (Å²) in [4.78, 5) is 10.9. The minimum atomic E-state index is -0.772. The van der Waals surface area contributed by atoms with E-state index in [-0.39, 0.29) is 5.97 Å². The summed E-state index contributed by atoms with van der Waals surface area (Å²) in [5.41, 5.74) is 0. The fourth-order valence-corrected chi connectivity index (χ4v) is 4.25. The Kier molecular flexibility index (Phi) is 10.5. The van der Waals surface area contributed by atoms with Gasteiger partial charge in [0.05, 0.1) is 6.61 Å². The average molecular weight is 244 g/mol. The lowest BCUT2D eigenvalue weighted by Gasteiger charge is -2.14. The fourth-order valence-electron chi connectivity index (χ4n) is 1.62. The lowest BCUT2D eigenvalue weighted by atomic mass is 10.6. The Morgan fingerprint density at radius 1 is 1.25 bits per heavy atom. The van der Waals surface area contributed by atoms with Crippen molar-refractivity contribution in [1.29, 1.82) is 0 Å². The molecule has 0 fully saturated rings. The summed E-state index contributed by atoms with van der Waals surface area (Å²) in [5, 5.41) is 0. The van der Waals surface area contributed by atoms with Crippen LogP contribution in [0.15, 0.2) is 12.7 Å². The fraction of sp³-hybridized carbons (Fsp3) is 0.750. The quantitative estimate of drug-likeness (QED) is 0.256. The van der Waals surface area contributed by atoms with Gasteiger partial charge in [-0.15, -0.1) is 0 Å². The van der Waals surface area contributed by atoms with E-state index >= 15 is 0 Å². The maximum Gasteiger partial charge on any atom is 0.330 e. The van der Waals surface area contributed by atoms with E-state index in [1.807, 2.05) is 6.92 Å². The van der Waals surface area contributed by atoms with Crippen molar-refractivity contribution in [1.82, 2.24) is 0 Å². The molecule has 0 aromatic carbocycles. The second-order valence-electron chi connectivity index (χ2n) is 3.80. The number of ether oxygens (including phenoxy) is 2. The zero-order valence-corrected chi connectivity index (χ0v) is 11.7. The van der Waals surface area contributed by atoms with Crippen LogP contribution < -0.4 is 0 Å². The number of hydrogen-bond acceptors (Lipinski definition) is 3. The first-order valence-corrected chi connectivity index (χ1v) is 8.56. The van der Waals surface area contributed by atoms with Gasteiger partial charge in [0, 0.05) is 28.1 Å². The zero-order chi connectivity index (χ0) is 12.2. The molecule has 3 nitrogen and oxygen atoms in total. The lowest BCUT2D eigenvalue weighted by molar-refractivity contribution is -0.137. The molecule has 0 aromatic rings. The van der Waals surface area contributed by atoms with Crippen molar-refractivity contribution in [3.05, 3.63) is 12.7 Å². The normalized spacial score (nSPS) is 12.1. The molecule has 0 aliphatic carbocycles. The van der Waals surface area contributed by atoms with Crippen molar-refractivity contribution in [2.45, 2.75) is 38.4 Å². The van der Waals surface area contributed by atoms with Crippen molar-refractivity contribution >= 4 is 14.8 Å². The molecule has 0 spiro atoms. The molecule has 94 valence electrons. The Labute approximate surface area is 100 Å². The van der Waals surface area contributed by atoms with Gasteiger partial charge in [0.1, 0.15) is 0 Å². The topological polar surface area (TPSA) is 35.5 Å². The maximum absolute atomic E-state index is 10.9. The average Bonchev–Trinajstić information content (AvgIpc) is 2.29. The van der Waals surface area contributed by atoms with Crippen LogP contribution in [0.4, 0.5) is 0 Å². The molecule has 0 N–H and O–H groups in total. The summed E-state index contributed by atoms with van der Waals surface area (Å²) < 4.78 is 10.4. The highest BCUT2D eigenvalue weighted by Crippen LogP contribution is 2.09. The molecule has 0 radical (unpaired) electrons. The molecule has 0 heterocycles. The van der Waals surface area contributed by atoms with Gasteiger partial charge in [-0.05, 0) is 19.0 Å². The van der Waals surface area contributed by atoms with Crippen molar-refractivity contribution in [2.24, 2.45) is 0 Å². The molecule has 4 heteroatoms. The largest absolute Gasteiger partial charge is 0.463 e. The van der Waals surface area contributed by atoms with Crippen molar-refractivity contribution in [2.75, 3.05) is 19.8 Å². The third-order valence-corrected chi connectivity index (χ3v) is 6.01.